The van der Waals surface area contributed by atoms with Crippen molar-refractivity contribution < 1.29 is 62.0 Å². The monoisotopic (exact) mass is 1410 g/mol. The molecule has 7 rings (SSSR count). The van der Waals surface area contributed by atoms with Crippen LogP contribution in [0.2, 0.25) is 0 Å². The van der Waals surface area contributed by atoms with Crippen molar-refractivity contribution in [2.45, 2.75) is 130 Å². The number of rotatable bonds is 46. The topological polar surface area (TPSA) is 340 Å². The maximum atomic E-state index is 13.8. The lowest BCUT2D eigenvalue weighted by Gasteiger charge is -2.43. The number of benzene rings is 4. The van der Waals surface area contributed by atoms with Crippen LogP contribution in [-0.4, -0.2) is 184 Å². The maximum Gasteiger partial charge on any atom is 0.410 e. The van der Waals surface area contributed by atoms with E-state index in [1.807, 2.05) is 54.7 Å². The summed E-state index contributed by atoms with van der Waals surface area (Å²) in [5, 5.41) is 17.2. The number of nitrogens with zero attached hydrogens (tertiary/aromatic N) is 6. The van der Waals surface area contributed by atoms with Gasteiger partial charge >= 0.3 is 12.1 Å². The Balaban J connectivity index is 0.739. The number of methoxy groups -OCH3 is 1. The Morgan fingerprint density at radius 1 is 0.706 bits per heavy atom. The molecule has 2 aromatic heterocycles. The summed E-state index contributed by atoms with van der Waals surface area (Å²) in [6.45, 7) is 17.9. The summed E-state index contributed by atoms with van der Waals surface area (Å²) in [7, 11) is 3.39. The van der Waals surface area contributed by atoms with Crippen LogP contribution in [-0.2, 0) is 80.3 Å². The molecular weight excluding hydrogens is 1300 g/mol. The first kappa shape index (κ1) is 79.7. The number of primary amides is 1. The maximum absolute atomic E-state index is 13.8. The second kappa shape index (κ2) is 42.6. The van der Waals surface area contributed by atoms with E-state index in [4.69, 9.17) is 39.9 Å². The van der Waals surface area contributed by atoms with Crippen LogP contribution >= 0.6 is 0 Å². The number of nitrogens with one attached hydrogen (secondary N) is 6. The number of hydrogen-bond acceptors (Lipinski definition) is 18. The lowest BCUT2D eigenvalue weighted by molar-refractivity contribution is -0.132. The molecule has 3 heterocycles. The van der Waals surface area contributed by atoms with Crippen molar-refractivity contribution in [2.75, 3.05) is 121 Å². The highest BCUT2D eigenvalue weighted by Gasteiger charge is 2.34. The number of carbonyl (C=O) groups is 7. The van der Waals surface area contributed by atoms with Crippen LogP contribution in [0, 0.1) is 5.92 Å². The summed E-state index contributed by atoms with van der Waals surface area (Å²) in [5.74, 6) is -0.585. The number of fused-ring (bicyclic) bond motifs is 1. The van der Waals surface area contributed by atoms with Crippen molar-refractivity contribution in [2.24, 2.45) is 11.7 Å². The first-order valence-corrected chi connectivity index (χ1v) is 35.2. The number of nitrogens with two attached hydrogens (primary N) is 2. The van der Waals surface area contributed by atoms with Gasteiger partial charge in [0, 0.05) is 83.0 Å². The first-order chi connectivity index (χ1) is 49.4. The van der Waals surface area contributed by atoms with E-state index in [0.29, 0.717) is 82.6 Å². The molecule has 27 heteroatoms. The van der Waals surface area contributed by atoms with E-state index < -0.39 is 41.9 Å². The molecule has 10 N–H and O–H groups in total. The molecule has 27 nitrogen and oxygen atoms in total. The van der Waals surface area contributed by atoms with Crippen molar-refractivity contribution in [3.8, 4) is 5.75 Å². The number of aromatic nitrogens is 3. The van der Waals surface area contributed by atoms with E-state index >= 15 is 0 Å². The summed E-state index contributed by atoms with van der Waals surface area (Å²) in [4.78, 5) is 106. The standard InChI is InChI=1S/C75H104N14O13/c1-8-11-16-33-79-70-69-61(83-73(76)85-70)31-36-88(69)47-58-26-23-54(45-64(58)97-7)46-87-49-60(50-87)86(6)75(96)102-51-53-24-27-59(28-25-53)81-71(93)62(21-17-34-80-74(77)95)82-72(94)68(52(4)5)84-66(91)32-37-98-39-41-100-43-44-101-42-40-99-38-35-78-65(90)29-30-67(92)89(63-22-15-14-19-56(63)10-3)48-57-20-13-12-18-55(57)9-2/h10,12-15,18-20,22-28,31,36,45,52,60,62,68H,3,8-9,11,16-17,21,29-30,32-35,37-44,46-51H2,1-2,4-7H3,(H,78,90)(H,81,93)(H,82,94)(H,84,91)(H3,77,80,95)(H3,76,79,83,85)/t62-,68-/m0/s1. The molecule has 102 heavy (non-hydrogen) atoms. The fraction of sp³-hybridized carbons (Fsp3) is 0.480. The Hall–Kier alpha value is -9.67. The fourth-order valence-corrected chi connectivity index (χ4v) is 11.5. The van der Waals surface area contributed by atoms with Gasteiger partial charge < -0.3 is 86.2 Å². The van der Waals surface area contributed by atoms with Gasteiger partial charge in [-0.25, -0.2) is 14.6 Å². The van der Waals surface area contributed by atoms with Crippen LogP contribution < -0.4 is 53.0 Å². The highest BCUT2D eigenvalue weighted by atomic mass is 16.6. The molecule has 4 aromatic carbocycles. The van der Waals surface area contributed by atoms with Crippen LogP contribution in [0.25, 0.3) is 17.1 Å². The lowest BCUT2D eigenvalue weighted by atomic mass is 10.0. The molecule has 2 atom stereocenters. The summed E-state index contributed by atoms with van der Waals surface area (Å²) in [5.41, 5.74) is 19.9. The SMILES string of the molecule is C=Cc1ccccc1N(Cc1ccccc1CC)C(=O)CCC(=O)NCCOCCOCCOCCOCCC(=O)N[C@H](C(=O)N[C@@H](CCCNC(N)=O)C(=O)Nc1ccc(COC(=O)N(C)C2CN(Cc3ccc(Cn4ccc5nc(N)nc(NCCCCC)c54)c(OC)c3)C2)cc1)C(C)C. The third-order valence-corrected chi connectivity index (χ3v) is 17.3. The number of carbonyl (C=O) groups excluding carboxylic acids is 7. The highest BCUT2D eigenvalue weighted by Crippen LogP contribution is 2.30. The van der Waals surface area contributed by atoms with Crippen LogP contribution in [0.4, 0.5) is 32.7 Å². The molecule has 8 amide bonds. The number of likely N-dealkylation sites (tertiary alicyclic amines) is 1. The largest absolute Gasteiger partial charge is 0.496 e. The number of hydrogen-bond donors (Lipinski definition) is 8. The van der Waals surface area contributed by atoms with E-state index in [1.165, 1.54) is 0 Å². The molecule has 0 saturated carbocycles. The van der Waals surface area contributed by atoms with Gasteiger partial charge in [0.05, 0.1) is 90.3 Å². The quantitative estimate of drug-likeness (QED) is 0.0168. The zero-order chi connectivity index (χ0) is 73.2. The number of amides is 8. The van der Waals surface area contributed by atoms with Gasteiger partial charge in [0.1, 0.15) is 30.0 Å². The molecule has 1 aliphatic rings. The summed E-state index contributed by atoms with van der Waals surface area (Å²) < 4.78 is 36.1. The predicted octanol–water partition coefficient (Wildman–Crippen LogP) is 7.93. The third kappa shape index (κ3) is 25.7. The number of urea groups is 1. The van der Waals surface area contributed by atoms with Crippen LogP contribution in [0.15, 0.2) is 110 Å². The van der Waals surface area contributed by atoms with Gasteiger partial charge in [-0.05, 0) is 89.8 Å². The van der Waals surface area contributed by atoms with Crippen LogP contribution in [0.5, 0.6) is 5.75 Å². The molecular formula is C75H104N14O13. The van der Waals surface area contributed by atoms with Crippen molar-refractivity contribution >= 4 is 81.9 Å². The third-order valence-electron chi connectivity index (χ3n) is 17.3. The number of aryl methyl sites for hydroxylation is 1. The number of unbranched alkanes of at least 4 members (excludes halogenated alkanes) is 2. The molecule has 0 aliphatic carbocycles. The molecule has 0 radical (unpaired) electrons. The fourth-order valence-electron chi connectivity index (χ4n) is 11.5. The number of likely N-dealkylation sites (N-methyl/N-ethyl adjacent to an activating group) is 1. The van der Waals surface area contributed by atoms with Crippen LogP contribution in [0.1, 0.15) is 112 Å². The minimum absolute atomic E-state index is 0.00708. The Labute approximate surface area is 598 Å². The second-order valence-electron chi connectivity index (χ2n) is 25.3. The van der Waals surface area contributed by atoms with Crippen molar-refractivity contribution in [3.63, 3.8) is 0 Å². The molecule has 1 saturated heterocycles. The zero-order valence-corrected chi connectivity index (χ0v) is 59.9. The molecule has 0 spiro atoms. The van der Waals surface area contributed by atoms with Crippen molar-refractivity contribution in [1.82, 2.24) is 45.6 Å². The number of para-hydroxylation sites is 1. The lowest BCUT2D eigenvalue weighted by Crippen LogP contribution is -2.59. The molecule has 552 valence electrons. The van der Waals surface area contributed by atoms with Gasteiger partial charge in [-0.3, -0.25) is 28.9 Å². The Morgan fingerprint density at radius 2 is 1.39 bits per heavy atom. The normalized spacial score (nSPS) is 12.8. The molecule has 1 fully saturated rings. The summed E-state index contributed by atoms with van der Waals surface area (Å²) in [6.07, 6.45) is 7.81. The average Bonchev–Trinajstić information content (AvgIpc) is 1.68. The van der Waals surface area contributed by atoms with E-state index in [0.717, 1.165) is 82.5 Å². The Morgan fingerprint density at radius 3 is 2.08 bits per heavy atom. The van der Waals surface area contributed by atoms with E-state index in [2.05, 4.69) is 96.0 Å². The van der Waals surface area contributed by atoms with E-state index in [9.17, 15) is 33.6 Å². The minimum atomic E-state index is -1.06. The number of ether oxygens (including phenoxy) is 6. The zero-order valence-electron chi connectivity index (χ0n) is 59.9. The molecule has 6 aromatic rings. The second-order valence-corrected chi connectivity index (χ2v) is 25.3. The first-order valence-electron chi connectivity index (χ1n) is 35.2. The average molecular weight is 1410 g/mol. The minimum Gasteiger partial charge on any atom is -0.496 e. The van der Waals surface area contributed by atoms with Crippen molar-refractivity contribution in [1.29, 1.82) is 0 Å². The Bertz CT molecular complexity index is 3680. The molecule has 0 bridgehead atoms. The number of anilines is 4. The van der Waals surface area contributed by atoms with E-state index in [1.54, 1.807) is 68.1 Å². The summed E-state index contributed by atoms with van der Waals surface area (Å²) >= 11 is 0. The van der Waals surface area contributed by atoms with E-state index in [-0.39, 0.29) is 102 Å². The van der Waals surface area contributed by atoms with Gasteiger partial charge in [-0.2, -0.15) is 4.98 Å². The highest BCUT2D eigenvalue weighted by molar-refractivity contribution is 5.99. The van der Waals surface area contributed by atoms with Gasteiger partial charge in [0.25, 0.3) is 0 Å². The van der Waals surface area contributed by atoms with Gasteiger partial charge in [-0.1, -0.05) is 120 Å². The van der Waals surface area contributed by atoms with Gasteiger partial charge in [-0.15, -0.1) is 0 Å². The van der Waals surface area contributed by atoms with Gasteiger partial charge in [0.15, 0.2) is 5.82 Å². The Kier molecular flexibility index (Phi) is 33.2. The van der Waals surface area contributed by atoms with Crippen LogP contribution in [0.3, 0.4) is 0 Å². The van der Waals surface area contributed by atoms with Gasteiger partial charge in [0.2, 0.25) is 35.5 Å². The summed E-state index contributed by atoms with van der Waals surface area (Å²) in [6, 6.07) is 27.8. The molecule has 0 unspecified atom stereocenters. The smallest absolute Gasteiger partial charge is 0.410 e. The predicted molar refractivity (Wildman–Crippen MR) is 393 cm³/mol. The van der Waals surface area contributed by atoms with Crippen molar-refractivity contribution in [3.05, 3.63) is 143 Å². The molecule has 1 aliphatic heterocycles. The number of nitrogen functional groups attached to an aromatic ring is 1.